The van der Waals surface area contributed by atoms with Crippen LogP contribution in [0.3, 0.4) is 0 Å². The maximum atomic E-state index is 13.4. The van der Waals surface area contributed by atoms with Gasteiger partial charge < -0.3 is 10.6 Å². The Bertz CT molecular complexity index is 616. The van der Waals surface area contributed by atoms with Crippen LogP contribution in [0.1, 0.15) is 23.0 Å². The summed E-state index contributed by atoms with van der Waals surface area (Å²) in [5.41, 5.74) is 0.939. The quantitative estimate of drug-likeness (QED) is 0.858. The van der Waals surface area contributed by atoms with Gasteiger partial charge >= 0.3 is 0 Å². The molecule has 2 N–H and O–H groups in total. The lowest BCUT2D eigenvalue weighted by molar-refractivity contribution is 0.0949. The number of nitrogens with one attached hydrogen (secondary N) is 2. The Morgan fingerprint density at radius 2 is 2.00 bits per heavy atom. The van der Waals surface area contributed by atoms with Crippen LogP contribution in [0.5, 0.6) is 0 Å². The molecule has 0 spiro atoms. The number of aromatic nitrogens is 1. The molecule has 0 aliphatic rings. The lowest BCUT2D eigenvalue weighted by Gasteiger charge is -2.07. The zero-order chi connectivity index (χ0) is 15.1. The van der Waals surface area contributed by atoms with Crippen molar-refractivity contribution in [1.82, 2.24) is 10.3 Å². The van der Waals surface area contributed by atoms with Gasteiger partial charge in [-0.1, -0.05) is 24.3 Å². The number of hydrogen-bond donors (Lipinski definition) is 2. The standard InChI is InChI=1S/C16H18FN3O/c1-2-18-15-9-5-8-14(20-15)16(21)19-11-10-12-6-3-4-7-13(12)17/h3-9H,2,10-11H2,1H3,(H,18,20)(H,19,21). The first kappa shape index (κ1) is 15.0. The van der Waals surface area contributed by atoms with Crippen molar-refractivity contribution in [3.63, 3.8) is 0 Å². The molecular formula is C16H18FN3O. The largest absolute Gasteiger partial charge is 0.370 e. The van der Waals surface area contributed by atoms with Gasteiger partial charge in [0.1, 0.15) is 17.3 Å². The van der Waals surface area contributed by atoms with Gasteiger partial charge in [0, 0.05) is 13.1 Å². The van der Waals surface area contributed by atoms with Crippen molar-refractivity contribution in [2.24, 2.45) is 0 Å². The molecule has 1 heterocycles. The summed E-state index contributed by atoms with van der Waals surface area (Å²) in [5, 5.41) is 5.80. The molecule has 110 valence electrons. The van der Waals surface area contributed by atoms with Crippen molar-refractivity contribution < 1.29 is 9.18 Å². The van der Waals surface area contributed by atoms with Crippen molar-refractivity contribution in [2.45, 2.75) is 13.3 Å². The number of anilines is 1. The zero-order valence-electron chi connectivity index (χ0n) is 11.9. The average Bonchev–Trinajstić information content (AvgIpc) is 2.50. The first-order valence-electron chi connectivity index (χ1n) is 6.93. The number of carbonyl (C=O) groups excluding carboxylic acids is 1. The molecule has 21 heavy (non-hydrogen) atoms. The molecule has 0 saturated carbocycles. The van der Waals surface area contributed by atoms with E-state index < -0.39 is 0 Å². The van der Waals surface area contributed by atoms with Crippen LogP contribution >= 0.6 is 0 Å². The van der Waals surface area contributed by atoms with Crippen LogP contribution in [0.25, 0.3) is 0 Å². The molecule has 0 aliphatic heterocycles. The minimum absolute atomic E-state index is 0.251. The maximum absolute atomic E-state index is 13.4. The third-order valence-electron chi connectivity index (χ3n) is 2.98. The van der Waals surface area contributed by atoms with Crippen LogP contribution in [0.4, 0.5) is 10.2 Å². The smallest absolute Gasteiger partial charge is 0.269 e. The Morgan fingerprint density at radius 1 is 1.19 bits per heavy atom. The van der Waals surface area contributed by atoms with Crippen molar-refractivity contribution in [2.75, 3.05) is 18.4 Å². The topological polar surface area (TPSA) is 54.0 Å². The summed E-state index contributed by atoms with van der Waals surface area (Å²) in [6.07, 6.45) is 0.450. The number of nitrogens with zero attached hydrogens (tertiary/aromatic N) is 1. The van der Waals surface area contributed by atoms with Gasteiger partial charge in [-0.15, -0.1) is 0 Å². The summed E-state index contributed by atoms with van der Waals surface area (Å²) < 4.78 is 13.4. The van der Waals surface area contributed by atoms with E-state index in [-0.39, 0.29) is 11.7 Å². The lowest BCUT2D eigenvalue weighted by Crippen LogP contribution is -2.26. The second-order valence-electron chi connectivity index (χ2n) is 4.54. The Kier molecular flexibility index (Phi) is 5.26. The number of benzene rings is 1. The Balaban J connectivity index is 1.90. The van der Waals surface area contributed by atoms with Crippen LogP contribution in [-0.2, 0) is 6.42 Å². The van der Waals surface area contributed by atoms with E-state index in [1.807, 2.05) is 6.92 Å². The molecule has 1 amide bonds. The van der Waals surface area contributed by atoms with Gasteiger partial charge in [0.15, 0.2) is 0 Å². The molecule has 0 atom stereocenters. The average molecular weight is 287 g/mol. The van der Waals surface area contributed by atoms with Crippen LogP contribution in [0, 0.1) is 5.82 Å². The fourth-order valence-corrected chi connectivity index (χ4v) is 1.94. The molecule has 0 unspecified atom stereocenters. The minimum atomic E-state index is -0.258. The SMILES string of the molecule is CCNc1cccc(C(=O)NCCc2ccccc2F)n1. The maximum Gasteiger partial charge on any atom is 0.269 e. The fourth-order valence-electron chi connectivity index (χ4n) is 1.94. The summed E-state index contributed by atoms with van der Waals surface area (Å²) >= 11 is 0. The number of pyridine rings is 1. The first-order valence-corrected chi connectivity index (χ1v) is 6.93. The third kappa shape index (κ3) is 4.27. The molecule has 2 aromatic rings. The molecule has 0 bridgehead atoms. The molecule has 0 radical (unpaired) electrons. The Morgan fingerprint density at radius 3 is 2.76 bits per heavy atom. The monoisotopic (exact) mass is 287 g/mol. The van der Waals surface area contributed by atoms with Gasteiger partial charge in [0.2, 0.25) is 0 Å². The van der Waals surface area contributed by atoms with E-state index in [0.29, 0.717) is 30.0 Å². The van der Waals surface area contributed by atoms with E-state index in [4.69, 9.17) is 0 Å². The minimum Gasteiger partial charge on any atom is -0.370 e. The molecule has 0 fully saturated rings. The summed E-state index contributed by atoms with van der Waals surface area (Å²) in [7, 11) is 0. The van der Waals surface area contributed by atoms with E-state index in [1.54, 1.807) is 36.4 Å². The van der Waals surface area contributed by atoms with Crippen LogP contribution in [0.15, 0.2) is 42.5 Å². The fraction of sp³-hybridized carbons (Fsp3) is 0.250. The number of rotatable bonds is 6. The molecule has 5 heteroatoms. The van der Waals surface area contributed by atoms with E-state index in [1.165, 1.54) is 6.07 Å². The predicted molar refractivity (Wildman–Crippen MR) is 80.8 cm³/mol. The molecule has 0 aliphatic carbocycles. The summed E-state index contributed by atoms with van der Waals surface area (Å²) in [6, 6.07) is 11.8. The van der Waals surface area contributed by atoms with Crippen LogP contribution < -0.4 is 10.6 Å². The van der Waals surface area contributed by atoms with Gasteiger partial charge in [-0.2, -0.15) is 0 Å². The van der Waals surface area contributed by atoms with Crippen LogP contribution in [0.2, 0.25) is 0 Å². The van der Waals surface area contributed by atoms with E-state index >= 15 is 0 Å². The predicted octanol–water partition coefficient (Wildman–Crippen LogP) is 2.63. The Labute approximate surface area is 123 Å². The van der Waals surface area contributed by atoms with E-state index in [0.717, 1.165) is 6.54 Å². The number of hydrogen-bond acceptors (Lipinski definition) is 3. The molecule has 2 rings (SSSR count). The van der Waals surface area contributed by atoms with Gasteiger partial charge in [-0.25, -0.2) is 9.37 Å². The van der Waals surface area contributed by atoms with Crippen molar-refractivity contribution >= 4 is 11.7 Å². The highest BCUT2D eigenvalue weighted by Gasteiger charge is 2.08. The van der Waals surface area contributed by atoms with Gasteiger partial charge in [0.05, 0.1) is 0 Å². The first-order chi connectivity index (χ1) is 10.2. The molecule has 4 nitrogen and oxygen atoms in total. The van der Waals surface area contributed by atoms with Crippen molar-refractivity contribution in [3.8, 4) is 0 Å². The highest BCUT2D eigenvalue weighted by atomic mass is 19.1. The number of amides is 1. The second-order valence-corrected chi connectivity index (χ2v) is 4.54. The highest BCUT2D eigenvalue weighted by Crippen LogP contribution is 2.07. The molecule has 0 saturated heterocycles. The molecule has 1 aromatic heterocycles. The number of carbonyl (C=O) groups is 1. The number of halogens is 1. The summed E-state index contributed by atoms with van der Waals surface area (Å²) in [4.78, 5) is 16.2. The second kappa shape index (κ2) is 7.38. The third-order valence-corrected chi connectivity index (χ3v) is 2.98. The molecular weight excluding hydrogens is 269 g/mol. The lowest BCUT2D eigenvalue weighted by atomic mass is 10.1. The highest BCUT2D eigenvalue weighted by molar-refractivity contribution is 5.92. The van der Waals surface area contributed by atoms with E-state index in [2.05, 4.69) is 15.6 Å². The molecule has 1 aromatic carbocycles. The summed E-state index contributed by atoms with van der Waals surface area (Å²) in [6.45, 7) is 3.07. The van der Waals surface area contributed by atoms with Gasteiger partial charge in [0.25, 0.3) is 5.91 Å². The van der Waals surface area contributed by atoms with Crippen molar-refractivity contribution in [3.05, 3.63) is 59.5 Å². The van der Waals surface area contributed by atoms with Crippen LogP contribution in [-0.4, -0.2) is 24.0 Å². The zero-order valence-corrected chi connectivity index (χ0v) is 11.9. The summed E-state index contributed by atoms with van der Waals surface area (Å²) in [5.74, 6) is 0.157. The normalized spacial score (nSPS) is 10.2. The van der Waals surface area contributed by atoms with Gasteiger partial charge in [-0.3, -0.25) is 4.79 Å². The van der Waals surface area contributed by atoms with E-state index in [9.17, 15) is 9.18 Å². The Hall–Kier alpha value is -2.43. The van der Waals surface area contributed by atoms with Crippen molar-refractivity contribution in [1.29, 1.82) is 0 Å². The van der Waals surface area contributed by atoms with Gasteiger partial charge in [-0.05, 0) is 37.1 Å².